The maximum atomic E-state index is 13.1. The molecule has 5 nitrogen and oxygen atoms in total. The molecule has 0 aliphatic carbocycles. The van der Waals surface area contributed by atoms with Gasteiger partial charge in [-0.25, -0.2) is 0 Å². The number of morpholine rings is 1. The van der Waals surface area contributed by atoms with Crippen LogP contribution in [-0.2, 0) is 19.0 Å². The lowest BCUT2D eigenvalue weighted by atomic mass is 9.77. The molecule has 0 bridgehead atoms. The normalized spacial score (nSPS) is 35.2. The first-order chi connectivity index (χ1) is 10.0. The minimum Gasteiger partial charge on any atom is -0.379 e. The Morgan fingerprint density at radius 1 is 1.14 bits per heavy atom. The standard InChI is InChI=1S/C16H27NO4/c1-15(2,17-5-9-19-10-6-17)14(18)13-3-7-21-16(11-13)4-8-20-12-16/h13H,3-12H2,1-2H3. The number of Topliss-reactive ketones (excluding diaryl/α,β-unsaturated/α-hetero) is 1. The van der Waals surface area contributed by atoms with E-state index in [1.807, 2.05) is 0 Å². The topological polar surface area (TPSA) is 48.0 Å². The van der Waals surface area contributed by atoms with E-state index in [2.05, 4.69) is 18.7 Å². The third-order valence-corrected chi connectivity index (χ3v) is 5.34. The summed E-state index contributed by atoms with van der Waals surface area (Å²) in [6.45, 7) is 9.35. The molecule has 3 fully saturated rings. The Bertz CT molecular complexity index is 384. The van der Waals surface area contributed by atoms with Crippen LogP contribution < -0.4 is 0 Å². The van der Waals surface area contributed by atoms with Crippen molar-refractivity contribution in [1.82, 2.24) is 4.90 Å². The van der Waals surface area contributed by atoms with Gasteiger partial charge in [0.1, 0.15) is 0 Å². The van der Waals surface area contributed by atoms with Crippen LogP contribution in [0.2, 0.25) is 0 Å². The molecule has 120 valence electrons. The summed E-state index contributed by atoms with van der Waals surface area (Å²) in [5.41, 5.74) is -0.605. The molecule has 3 rings (SSSR count). The van der Waals surface area contributed by atoms with Crippen LogP contribution >= 0.6 is 0 Å². The van der Waals surface area contributed by atoms with E-state index >= 15 is 0 Å². The second-order valence-electron chi connectivity index (χ2n) is 7.05. The highest BCUT2D eigenvalue weighted by Gasteiger charge is 2.47. The van der Waals surface area contributed by atoms with Gasteiger partial charge in [0.05, 0.1) is 31.0 Å². The van der Waals surface area contributed by atoms with Crippen LogP contribution in [0.4, 0.5) is 0 Å². The van der Waals surface area contributed by atoms with Gasteiger partial charge in [-0.05, 0) is 26.7 Å². The summed E-state index contributed by atoms with van der Waals surface area (Å²) in [5, 5.41) is 0. The fourth-order valence-electron chi connectivity index (χ4n) is 3.89. The van der Waals surface area contributed by atoms with Crippen molar-refractivity contribution in [1.29, 1.82) is 0 Å². The van der Waals surface area contributed by atoms with Crippen LogP contribution in [0.3, 0.4) is 0 Å². The van der Waals surface area contributed by atoms with Crippen molar-refractivity contribution >= 4 is 5.78 Å². The zero-order valence-corrected chi connectivity index (χ0v) is 13.2. The molecular formula is C16H27NO4. The fraction of sp³-hybridized carbons (Fsp3) is 0.938. The van der Waals surface area contributed by atoms with E-state index in [9.17, 15) is 4.79 Å². The number of carbonyl (C=O) groups excluding carboxylic acids is 1. The second-order valence-corrected chi connectivity index (χ2v) is 7.05. The predicted octanol–water partition coefficient (Wildman–Crippen LogP) is 1.25. The highest BCUT2D eigenvalue weighted by atomic mass is 16.6. The Morgan fingerprint density at radius 3 is 2.57 bits per heavy atom. The quantitative estimate of drug-likeness (QED) is 0.785. The molecule has 0 N–H and O–H groups in total. The average Bonchev–Trinajstić information content (AvgIpc) is 2.95. The second kappa shape index (κ2) is 5.95. The van der Waals surface area contributed by atoms with Gasteiger partial charge >= 0.3 is 0 Å². The van der Waals surface area contributed by atoms with Gasteiger partial charge in [-0.1, -0.05) is 0 Å². The van der Waals surface area contributed by atoms with E-state index in [0.29, 0.717) is 19.0 Å². The molecule has 3 aliphatic heterocycles. The lowest BCUT2D eigenvalue weighted by Gasteiger charge is -2.44. The summed E-state index contributed by atoms with van der Waals surface area (Å²) in [5.74, 6) is 0.456. The van der Waals surface area contributed by atoms with Crippen LogP contribution in [0.15, 0.2) is 0 Å². The van der Waals surface area contributed by atoms with Crippen molar-refractivity contribution in [3.8, 4) is 0 Å². The lowest BCUT2D eigenvalue weighted by Crippen LogP contribution is -2.57. The first kappa shape index (κ1) is 15.4. The summed E-state index contributed by atoms with van der Waals surface area (Å²) >= 11 is 0. The molecular weight excluding hydrogens is 270 g/mol. The molecule has 0 radical (unpaired) electrons. The van der Waals surface area contributed by atoms with Crippen LogP contribution in [0.25, 0.3) is 0 Å². The van der Waals surface area contributed by atoms with Gasteiger partial charge in [-0.3, -0.25) is 9.69 Å². The largest absolute Gasteiger partial charge is 0.379 e. The smallest absolute Gasteiger partial charge is 0.155 e. The zero-order chi connectivity index (χ0) is 14.9. The van der Waals surface area contributed by atoms with Gasteiger partial charge in [0.2, 0.25) is 0 Å². The summed E-state index contributed by atoms with van der Waals surface area (Å²) in [4.78, 5) is 15.4. The van der Waals surface area contributed by atoms with Crippen LogP contribution in [0, 0.1) is 5.92 Å². The Hall–Kier alpha value is -0.490. The van der Waals surface area contributed by atoms with Crippen LogP contribution in [0.1, 0.15) is 33.1 Å². The molecule has 0 aromatic heterocycles. The fourth-order valence-corrected chi connectivity index (χ4v) is 3.89. The molecule has 21 heavy (non-hydrogen) atoms. The van der Waals surface area contributed by atoms with Gasteiger partial charge < -0.3 is 14.2 Å². The van der Waals surface area contributed by atoms with E-state index in [4.69, 9.17) is 14.2 Å². The van der Waals surface area contributed by atoms with E-state index < -0.39 is 5.54 Å². The van der Waals surface area contributed by atoms with Crippen molar-refractivity contribution in [2.24, 2.45) is 5.92 Å². The number of nitrogens with zero attached hydrogens (tertiary/aromatic N) is 1. The lowest BCUT2D eigenvalue weighted by molar-refractivity contribution is -0.149. The van der Waals surface area contributed by atoms with Gasteiger partial charge in [0, 0.05) is 38.6 Å². The van der Waals surface area contributed by atoms with E-state index in [1.54, 1.807) is 0 Å². The molecule has 2 unspecified atom stereocenters. The molecule has 3 aliphatic rings. The van der Waals surface area contributed by atoms with E-state index in [-0.39, 0.29) is 11.5 Å². The third-order valence-electron chi connectivity index (χ3n) is 5.34. The molecule has 3 saturated heterocycles. The molecule has 0 aromatic rings. The number of hydrogen-bond donors (Lipinski definition) is 0. The molecule has 0 aromatic carbocycles. The maximum Gasteiger partial charge on any atom is 0.155 e. The van der Waals surface area contributed by atoms with Gasteiger partial charge in [0.15, 0.2) is 5.78 Å². The Labute approximate surface area is 126 Å². The highest BCUT2D eigenvalue weighted by Crippen LogP contribution is 2.38. The van der Waals surface area contributed by atoms with Crippen molar-refractivity contribution in [3.05, 3.63) is 0 Å². The maximum absolute atomic E-state index is 13.1. The zero-order valence-electron chi connectivity index (χ0n) is 13.2. The van der Waals surface area contributed by atoms with E-state index in [1.165, 1.54) is 0 Å². The molecule has 0 amide bonds. The van der Waals surface area contributed by atoms with Crippen LogP contribution in [-0.4, -0.2) is 67.9 Å². The highest BCUT2D eigenvalue weighted by molar-refractivity contribution is 5.89. The Morgan fingerprint density at radius 2 is 1.90 bits per heavy atom. The summed E-state index contributed by atoms with van der Waals surface area (Å²) in [7, 11) is 0. The molecule has 1 spiro atoms. The summed E-state index contributed by atoms with van der Waals surface area (Å²) in [6, 6.07) is 0. The number of ketones is 1. The minimum atomic E-state index is -0.410. The number of rotatable bonds is 3. The third kappa shape index (κ3) is 3.02. The molecule has 0 saturated carbocycles. The van der Waals surface area contributed by atoms with Crippen molar-refractivity contribution in [2.75, 3.05) is 46.1 Å². The Balaban J connectivity index is 1.68. The van der Waals surface area contributed by atoms with Crippen molar-refractivity contribution in [3.63, 3.8) is 0 Å². The van der Waals surface area contributed by atoms with Gasteiger partial charge in [-0.15, -0.1) is 0 Å². The monoisotopic (exact) mass is 297 g/mol. The van der Waals surface area contributed by atoms with Gasteiger partial charge in [-0.2, -0.15) is 0 Å². The average molecular weight is 297 g/mol. The van der Waals surface area contributed by atoms with Crippen molar-refractivity contribution < 1.29 is 19.0 Å². The van der Waals surface area contributed by atoms with Crippen LogP contribution in [0.5, 0.6) is 0 Å². The predicted molar refractivity (Wildman–Crippen MR) is 78.3 cm³/mol. The Kier molecular flexibility index (Phi) is 4.37. The number of hydrogen-bond acceptors (Lipinski definition) is 5. The molecule has 2 atom stereocenters. The minimum absolute atomic E-state index is 0.0956. The van der Waals surface area contributed by atoms with Gasteiger partial charge in [0.25, 0.3) is 0 Å². The molecule has 3 heterocycles. The SMILES string of the molecule is CC(C)(C(=O)C1CCOC2(CCOC2)C1)N1CCOCC1. The molecule has 5 heteroatoms. The summed E-state index contributed by atoms with van der Waals surface area (Å²) < 4.78 is 16.9. The van der Waals surface area contributed by atoms with Crippen molar-refractivity contribution in [2.45, 2.75) is 44.2 Å². The number of carbonyl (C=O) groups is 1. The first-order valence-corrected chi connectivity index (χ1v) is 8.12. The van der Waals surface area contributed by atoms with E-state index in [0.717, 1.165) is 52.2 Å². The first-order valence-electron chi connectivity index (χ1n) is 8.12. The number of ether oxygens (including phenoxy) is 3. The summed E-state index contributed by atoms with van der Waals surface area (Å²) in [6.07, 6.45) is 2.59.